The van der Waals surface area contributed by atoms with Gasteiger partial charge in [-0.2, -0.15) is 0 Å². The van der Waals surface area contributed by atoms with E-state index in [1.165, 1.54) is 6.20 Å². The van der Waals surface area contributed by atoms with Gasteiger partial charge in [-0.1, -0.05) is 26.1 Å². The Kier molecular flexibility index (Phi) is 4.87. The van der Waals surface area contributed by atoms with Crippen LogP contribution in [0.3, 0.4) is 0 Å². The molecule has 12 heavy (non-hydrogen) atoms. The number of hydrogen-bond acceptors (Lipinski definition) is 3. The molecule has 1 rings (SSSR count). The molecule has 0 aromatic carbocycles. The average molecular weight is 186 g/mol. The lowest BCUT2D eigenvalue weighted by Gasteiger charge is -1.86. The Balaban J connectivity index is 0.000000561. The van der Waals surface area contributed by atoms with Crippen LogP contribution in [0.25, 0.3) is 0 Å². The Morgan fingerprint density at radius 1 is 1.50 bits per heavy atom. The Hall–Kier alpha value is -1.23. The topological polar surface area (TPSA) is 65.7 Å². The molecular formula is C7H10N2O2S. The number of carbonyl (C=O) groups excluding carboxylic acids is 1. The molecule has 1 aromatic rings. The van der Waals surface area contributed by atoms with E-state index in [0.29, 0.717) is 6.29 Å². The SMILES string of the molecule is CC.O=Cc1c[nH]c(=O)[nH]c1=S. The molecule has 0 saturated heterocycles. The lowest BCUT2D eigenvalue weighted by molar-refractivity contribution is 0.112. The maximum absolute atomic E-state index is 10.5. The van der Waals surface area contributed by atoms with Crippen LogP contribution in [0, 0.1) is 4.64 Å². The lowest BCUT2D eigenvalue weighted by Crippen LogP contribution is -2.10. The largest absolute Gasteiger partial charge is 0.323 e. The van der Waals surface area contributed by atoms with Crippen molar-refractivity contribution < 1.29 is 4.79 Å². The first kappa shape index (κ1) is 10.8. The molecule has 1 aromatic heterocycles. The summed E-state index contributed by atoms with van der Waals surface area (Å²) < 4.78 is 0.166. The number of aromatic amines is 2. The summed E-state index contributed by atoms with van der Waals surface area (Å²) in [6.45, 7) is 4.00. The van der Waals surface area contributed by atoms with Crippen LogP contribution in [0.15, 0.2) is 11.0 Å². The highest BCUT2D eigenvalue weighted by atomic mass is 32.1. The fraction of sp³-hybridized carbons (Fsp3) is 0.286. The van der Waals surface area contributed by atoms with Gasteiger partial charge < -0.3 is 4.98 Å². The van der Waals surface area contributed by atoms with E-state index >= 15 is 0 Å². The summed E-state index contributed by atoms with van der Waals surface area (Å²) in [5.74, 6) is 0. The average Bonchev–Trinajstić information content (AvgIpc) is 2.08. The minimum atomic E-state index is -0.407. The summed E-state index contributed by atoms with van der Waals surface area (Å²) in [4.78, 5) is 25.1. The standard InChI is InChI=1S/C5H4N2O2S.C2H6/c8-2-3-1-6-5(9)7-4(3)10;1-2/h1-2H,(H2,6,7,9,10);1-2H3. The van der Waals surface area contributed by atoms with Crippen LogP contribution in [0.4, 0.5) is 0 Å². The van der Waals surface area contributed by atoms with E-state index in [4.69, 9.17) is 0 Å². The number of aromatic nitrogens is 2. The van der Waals surface area contributed by atoms with E-state index < -0.39 is 5.69 Å². The van der Waals surface area contributed by atoms with Crippen molar-refractivity contribution in [2.45, 2.75) is 13.8 Å². The molecule has 0 atom stereocenters. The summed E-state index contributed by atoms with van der Waals surface area (Å²) in [6.07, 6.45) is 1.85. The van der Waals surface area contributed by atoms with Gasteiger partial charge in [0.2, 0.25) is 0 Å². The molecule has 2 N–H and O–H groups in total. The van der Waals surface area contributed by atoms with Crippen LogP contribution in [0.1, 0.15) is 24.2 Å². The molecule has 5 heteroatoms. The summed E-state index contributed by atoms with van der Waals surface area (Å²) in [7, 11) is 0. The molecule has 0 radical (unpaired) electrons. The zero-order chi connectivity index (χ0) is 9.56. The summed E-state index contributed by atoms with van der Waals surface area (Å²) in [5.41, 5.74) is -0.120. The Morgan fingerprint density at radius 2 is 2.08 bits per heavy atom. The van der Waals surface area contributed by atoms with Crippen molar-refractivity contribution in [1.82, 2.24) is 9.97 Å². The van der Waals surface area contributed by atoms with Crippen LogP contribution in [-0.4, -0.2) is 16.3 Å². The lowest BCUT2D eigenvalue weighted by atomic mass is 10.4. The van der Waals surface area contributed by atoms with Crippen LogP contribution in [-0.2, 0) is 0 Å². The van der Waals surface area contributed by atoms with E-state index in [9.17, 15) is 9.59 Å². The monoisotopic (exact) mass is 186 g/mol. The normalized spacial score (nSPS) is 8.17. The van der Waals surface area contributed by atoms with Gasteiger partial charge in [0, 0.05) is 6.20 Å². The minimum Gasteiger partial charge on any atom is -0.314 e. The maximum atomic E-state index is 10.5. The molecule has 0 spiro atoms. The Morgan fingerprint density at radius 3 is 2.50 bits per heavy atom. The third-order valence-corrected chi connectivity index (χ3v) is 1.31. The van der Waals surface area contributed by atoms with Crippen molar-refractivity contribution in [1.29, 1.82) is 0 Å². The van der Waals surface area contributed by atoms with Gasteiger partial charge >= 0.3 is 5.69 Å². The number of hydrogen-bond donors (Lipinski definition) is 2. The molecule has 0 fully saturated rings. The second-order valence-electron chi connectivity index (χ2n) is 1.65. The quantitative estimate of drug-likeness (QED) is 0.512. The second-order valence-corrected chi connectivity index (χ2v) is 2.05. The number of aldehydes is 1. The van der Waals surface area contributed by atoms with Crippen molar-refractivity contribution in [2.75, 3.05) is 0 Å². The molecule has 1 heterocycles. The van der Waals surface area contributed by atoms with E-state index in [2.05, 4.69) is 22.2 Å². The van der Waals surface area contributed by atoms with Crippen LogP contribution < -0.4 is 5.69 Å². The second kappa shape index (κ2) is 5.42. The highest BCUT2D eigenvalue weighted by Gasteiger charge is 1.91. The fourth-order valence-corrected chi connectivity index (χ4v) is 0.707. The van der Waals surface area contributed by atoms with Gasteiger partial charge in [0.25, 0.3) is 0 Å². The molecule has 0 aliphatic carbocycles. The molecule has 0 aliphatic heterocycles. The number of carbonyl (C=O) groups is 1. The van der Waals surface area contributed by atoms with Gasteiger partial charge in [-0.25, -0.2) is 4.79 Å². The van der Waals surface area contributed by atoms with Crippen LogP contribution >= 0.6 is 12.2 Å². The molecule has 0 unspecified atom stereocenters. The zero-order valence-electron chi connectivity index (χ0n) is 6.88. The van der Waals surface area contributed by atoms with Gasteiger partial charge in [0.05, 0.1) is 5.56 Å². The Bertz CT molecular complexity index is 353. The van der Waals surface area contributed by atoms with Crippen molar-refractivity contribution in [3.05, 3.63) is 26.9 Å². The smallest absolute Gasteiger partial charge is 0.314 e. The van der Waals surface area contributed by atoms with Crippen LogP contribution in [0.2, 0.25) is 0 Å². The van der Waals surface area contributed by atoms with Crippen molar-refractivity contribution in [2.24, 2.45) is 0 Å². The minimum absolute atomic E-state index is 0.166. The fourth-order valence-electron chi connectivity index (χ4n) is 0.508. The third kappa shape index (κ3) is 2.79. The summed E-state index contributed by atoms with van der Waals surface area (Å²) in [5, 5.41) is 0. The van der Waals surface area contributed by atoms with E-state index in [-0.39, 0.29) is 10.2 Å². The first-order valence-corrected chi connectivity index (χ1v) is 3.92. The van der Waals surface area contributed by atoms with E-state index in [1.54, 1.807) is 0 Å². The molecule has 4 nitrogen and oxygen atoms in total. The molecule has 0 amide bonds. The van der Waals surface area contributed by atoms with Crippen molar-refractivity contribution >= 4 is 18.5 Å². The number of nitrogens with one attached hydrogen (secondary N) is 2. The van der Waals surface area contributed by atoms with Crippen molar-refractivity contribution in [3.8, 4) is 0 Å². The first-order valence-electron chi connectivity index (χ1n) is 3.51. The molecular weight excluding hydrogens is 176 g/mol. The van der Waals surface area contributed by atoms with Gasteiger partial charge in [-0.3, -0.25) is 9.78 Å². The highest BCUT2D eigenvalue weighted by molar-refractivity contribution is 7.71. The highest BCUT2D eigenvalue weighted by Crippen LogP contribution is 1.87. The van der Waals surface area contributed by atoms with E-state index in [1.807, 2.05) is 13.8 Å². The summed E-state index contributed by atoms with van der Waals surface area (Å²) >= 11 is 4.63. The van der Waals surface area contributed by atoms with Gasteiger partial charge in [-0.15, -0.1) is 0 Å². The first-order chi connectivity index (χ1) is 5.74. The molecule has 0 aliphatic rings. The van der Waals surface area contributed by atoms with E-state index in [0.717, 1.165) is 0 Å². The predicted molar refractivity (Wildman–Crippen MR) is 49.0 cm³/mol. The third-order valence-electron chi connectivity index (χ3n) is 0.975. The molecule has 0 bridgehead atoms. The van der Waals surface area contributed by atoms with Crippen molar-refractivity contribution in [3.63, 3.8) is 0 Å². The van der Waals surface area contributed by atoms with Gasteiger partial charge in [0.15, 0.2) is 6.29 Å². The van der Waals surface area contributed by atoms with Crippen LogP contribution in [0.5, 0.6) is 0 Å². The summed E-state index contributed by atoms with van der Waals surface area (Å²) in [6, 6.07) is 0. The molecule has 66 valence electrons. The Labute approximate surface area is 74.7 Å². The van der Waals surface area contributed by atoms with Gasteiger partial charge in [-0.05, 0) is 0 Å². The van der Waals surface area contributed by atoms with Gasteiger partial charge in [0.1, 0.15) is 4.64 Å². The molecule has 0 saturated carbocycles. The maximum Gasteiger partial charge on any atom is 0.323 e. The zero-order valence-corrected chi connectivity index (χ0v) is 7.70. The number of H-pyrrole nitrogens is 2. The number of rotatable bonds is 1. The predicted octanol–water partition coefficient (Wildman–Crippen LogP) is 1.27.